The van der Waals surface area contributed by atoms with Gasteiger partial charge < -0.3 is 5.73 Å². The number of hydrogen-bond donors (Lipinski definition) is 1. The molecular formula is C10H11N5. The summed E-state index contributed by atoms with van der Waals surface area (Å²) in [7, 11) is 0. The number of hydrogen-bond acceptors (Lipinski definition) is 5. The largest absolute Gasteiger partial charge is 0.330 e. The van der Waals surface area contributed by atoms with E-state index in [0.29, 0.717) is 18.1 Å². The minimum Gasteiger partial charge on any atom is -0.330 e. The van der Waals surface area contributed by atoms with Crippen LogP contribution in [0.4, 0.5) is 0 Å². The smallest absolute Gasteiger partial charge is 0.179 e. The van der Waals surface area contributed by atoms with Gasteiger partial charge in [0.2, 0.25) is 0 Å². The highest BCUT2D eigenvalue weighted by Crippen LogP contribution is 2.09. The van der Waals surface area contributed by atoms with Crippen molar-refractivity contribution in [2.24, 2.45) is 5.73 Å². The number of aromatic nitrogens is 4. The topological polar surface area (TPSA) is 77.6 Å². The molecule has 0 atom stereocenters. The van der Waals surface area contributed by atoms with Crippen molar-refractivity contribution in [1.29, 1.82) is 0 Å². The zero-order valence-corrected chi connectivity index (χ0v) is 8.17. The highest BCUT2D eigenvalue weighted by molar-refractivity contribution is 5.46. The molecule has 2 heterocycles. The van der Waals surface area contributed by atoms with Gasteiger partial charge in [0.15, 0.2) is 5.82 Å². The maximum atomic E-state index is 5.46. The van der Waals surface area contributed by atoms with Gasteiger partial charge in [0, 0.05) is 30.7 Å². The summed E-state index contributed by atoms with van der Waals surface area (Å²) in [5.74, 6) is 0.592. The van der Waals surface area contributed by atoms with Crippen LogP contribution in [0.3, 0.4) is 0 Å². The predicted molar refractivity (Wildman–Crippen MR) is 55.8 cm³/mol. The van der Waals surface area contributed by atoms with Crippen LogP contribution < -0.4 is 5.73 Å². The molecule has 0 aliphatic carbocycles. The van der Waals surface area contributed by atoms with Crippen LogP contribution in [-0.2, 0) is 6.42 Å². The Hall–Kier alpha value is -1.88. The molecule has 0 saturated heterocycles. The van der Waals surface area contributed by atoms with E-state index in [1.54, 1.807) is 24.8 Å². The van der Waals surface area contributed by atoms with Crippen LogP contribution >= 0.6 is 0 Å². The van der Waals surface area contributed by atoms with Gasteiger partial charge in [-0.2, -0.15) is 0 Å². The van der Waals surface area contributed by atoms with Crippen LogP contribution in [-0.4, -0.2) is 26.5 Å². The molecule has 2 aromatic rings. The van der Waals surface area contributed by atoms with Crippen LogP contribution in [0.2, 0.25) is 0 Å². The zero-order chi connectivity index (χ0) is 10.5. The fourth-order valence-corrected chi connectivity index (χ4v) is 1.22. The van der Waals surface area contributed by atoms with Gasteiger partial charge in [-0.3, -0.25) is 4.98 Å². The summed E-state index contributed by atoms with van der Waals surface area (Å²) in [4.78, 5) is 16.6. The molecule has 0 radical (unpaired) electrons. The van der Waals surface area contributed by atoms with Gasteiger partial charge in [-0.25, -0.2) is 15.0 Å². The van der Waals surface area contributed by atoms with Crippen molar-refractivity contribution in [3.05, 3.63) is 36.5 Å². The van der Waals surface area contributed by atoms with Gasteiger partial charge in [0.05, 0.1) is 6.20 Å². The molecule has 15 heavy (non-hydrogen) atoms. The van der Waals surface area contributed by atoms with Crippen LogP contribution in [0, 0.1) is 0 Å². The normalized spacial score (nSPS) is 10.2. The summed E-state index contributed by atoms with van der Waals surface area (Å²) < 4.78 is 0. The predicted octanol–water partition coefficient (Wildman–Crippen LogP) is 0.435. The first kappa shape index (κ1) is 9.67. The van der Waals surface area contributed by atoms with E-state index in [0.717, 1.165) is 12.1 Å². The maximum absolute atomic E-state index is 5.46. The summed E-state index contributed by atoms with van der Waals surface area (Å²) in [5.41, 5.74) is 7.06. The lowest BCUT2D eigenvalue weighted by Crippen LogP contribution is -2.05. The molecule has 0 fully saturated rings. The van der Waals surface area contributed by atoms with E-state index in [2.05, 4.69) is 19.9 Å². The summed E-state index contributed by atoms with van der Waals surface area (Å²) in [6.45, 7) is 0.580. The molecule has 0 unspecified atom stereocenters. The Morgan fingerprint density at radius 1 is 1.13 bits per heavy atom. The van der Waals surface area contributed by atoms with Crippen LogP contribution in [0.25, 0.3) is 11.5 Å². The van der Waals surface area contributed by atoms with Gasteiger partial charge in [-0.05, 0) is 12.6 Å². The van der Waals surface area contributed by atoms with Crippen molar-refractivity contribution in [2.45, 2.75) is 6.42 Å². The number of nitrogens with two attached hydrogens (primary N) is 1. The van der Waals surface area contributed by atoms with Crippen molar-refractivity contribution in [3.8, 4) is 11.5 Å². The molecule has 5 nitrogen and oxygen atoms in total. The van der Waals surface area contributed by atoms with E-state index < -0.39 is 0 Å². The highest BCUT2D eigenvalue weighted by Gasteiger charge is 2.02. The van der Waals surface area contributed by atoms with Gasteiger partial charge in [0.25, 0.3) is 0 Å². The lowest BCUT2D eigenvalue weighted by atomic mass is 10.3. The van der Waals surface area contributed by atoms with E-state index in [4.69, 9.17) is 5.73 Å². The molecule has 0 saturated carbocycles. The molecule has 2 aromatic heterocycles. The molecule has 0 spiro atoms. The molecule has 0 aliphatic rings. The molecule has 76 valence electrons. The molecule has 2 rings (SSSR count). The van der Waals surface area contributed by atoms with Crippen molar-refractivity contribution in [1.82, 2.24) is 19.9 Å². The monoisotopic (exact) mass is 201 g/mol. The molecular weight excluding hydrogens is 190 g/mol. The minimum absolute atomic E-state index is 0.580. The molecule has 0 aromatic carbocycles. The Morgan fingerprint density at radius 3 is 2.80 bits per heavy atom. The molecule has 0 aliphatic heterocycles. The summed E-state index contributed by atoms with van der Waals surface area (Å²) in [5, 5.41) is 0. The Morgan fingerprint density at radius 2 is 2.07 bits per heavy atom. The Labute approximate surface area is 87.4 Å². The molecule has 0 bridgehead atoms. The first-order chi connectivity index (χ1) is 7.40. The van der Waals surface area contributed by atoms with Crippen molar-refractivity contribution >= 4 is 0 Å². The van der Waals surface area contributed by atoms with E-state index in [9.17, 15) is 0 Å². The van der Waals surface area contributed by atoms with Crippen molar-refractivity contribution in [2.75, 3.05) is 6.54 Å². The summed E-state index contributed by atoms with van der Waals surface area (Å²) >= 11 is 0. The fourth-order valence-electron chi connectivity index (χ4n) is 1.22. The standard InChI is InChI=1S/C10H11N5/c11-3-1-8-2-4-14-10(15-8)9-7-12-5-6-13-9/h2,4-7H,1,3,11H2. The fraction of sp³-hybridized carbons (Fsp3) is 0.200. The second-order valence-corrected chi connectivity index (χ2v) is 3.00. The van der Waals surface area contributed by atoms with Gasteiger partial charge >= 0.3 is 0 Å². The third-order valence-corrected chi connectivity index (χ3v) is 1.91. The summed E-state index contributed by atoms with van der Waals surface area (Å²) in [6.07, 6.45) is 7.33. The third kappa shape index (κ3) is 2.32. The first-order valence-electron chi connectivity index (χ1n) is 4.68. The minimum atomic E-state index is 0.580. The molecule has 5 heteroatoms. The van der Waals surface area contributed by atoms with Gasteiger partial charge in [-0.15, -0.1) is 0 Å². The lowest BCUT2D eigenvalue weighted by Gasteiger charge is -2.00. The Bertz CT molecular complexity index is 429. The average Bonchev–Trinajstić information content (AvgIpc) is 2.31. The SMILES string of the molecule is NCCc1ccnc(-c2cnccn2)n1. The quantitative estimate of drug-likeness (QED) is 0.779. The van der Waals surface area contributed by atoms with Crippen LogP contribution in [0.5, 0.6) is 0 Å². The van der Waals surface area contributed by atoms with E-state index >= 15 is 0 Å². The first-order valence-corrected chi connectivity index (χ1v) is 4.68. The number of nitrogens with zero attached hydrogens (tertiary/aromatic N) is 4. The second kappa shape index (κ2) is 4.56. The second-order valence-electron chi connectivity index (χ2n) is 3.00. The van der Waals surface area contributed by atoms with Crippen LogP contribution in [0.15, 0.2) is 30.9 Å². The van der Waals surface area contributed by atoms with E-state index in [1.165, 1.54) is 0 Å². The molecule has 2 N–H and O–H groups in total. The van der Waals surface area contributed by atoms with Crippen LogP contribution in [0.1, 0.15) is 5.69 Å². The van der Waals surface area contributed by atoms with Gasteiger partial charge in [-0.1, -0.05) is 0 Å². The Kier molecular flexibility index (Phi) is 2.94. The maximum Gasteiger partial charge on any atom is 0.179 e. The molecule has 0 amide bonds. The highest BCUT2D eigenvalue weighted by atomic mass is 14.9. The Balaban J connectivity index is 2.33. The van der Waals surface area contributed by atoms with E-state index in [-0.39, 0.29) is 0 Å². The average molecular weight is 201 g/mol. The van der Waals surface area contributed by atoms with Crippen molar-refractivity contribution in [3.63, 3.8) is 0 Å². The third-order valence-electron chi connectivity index (χ3n) is 1.91. The zero-order valence-electron chi connectivity index (χ0n) is 8.17. The number of rotatable bonds is 3. The lowest BCUT2D eigenvalue weighted by molar-refractivity contribution is 0.910. The van der Waals surface area contributed by atoms with Crippen molar-refractivity contribution < 1.29 is 0 Å². The van der Waals surface area contributed by atoms with Gasteiger partial charge in [0.1, 0.15) is 5.69 Å². The van der Waals surface area contributed by atoms with E-state index in [1.807, 2.05) is 6.07 Å². The summed E-state index contributed by atoms with van der Waals surface area (Å²) in [6, 6.07) is 1.85.